The molecule has 0 saturated carbocycles. The Morgan fingerprint density at radius 2 is 1.94 bits per heavy atom. The van der Waals surface area contributed by atoms with E-state index in [2.05, 4.69) is 0 Å². The Hall–Kier alpha value is -1.23. The smallest absolute Gasteiger partial charge is 0.150 e. The highest BCUT2D eigenvalue weighted by atomic mass is 32.2. The Balaban J connectivity index is 1.88. The van der Waals surface area contributed by atoms with Crippen LogP contribution in [0.5, 0.6) is 0 Å². The summed E-state index contributed by atoms with van der Waals surface area (Å²) < 4.78 is 35.2. The minimum atomic E-state index is -2.92. The Kier molecular flexibility index (Phi) is 3.80. The summed E-state index contributed by atoms with van der Waals surface area (Å²) in [4.78, 5) is 11.8. The Bertz CT molecular complexity index is 534. The van der Waals surface area contributed by atoms with Crippen molar-refractivity contribution in [3.63, 3.8) is 0 Å². The van der Waals surface area contributed by atoms with Crippen molar-refractivity contribution in [1.29, 1.82) is 0 Å². The van der Waals surface area contributed by atoms with Gasteiger partial charge in [0.2, 0.25) is 0 Å². The van der Waals surface area contributed by atoms with Gasteiger partial charge in [0.15, 0.2) is 9.84 Å². The molecule has 5 heteroatoms. The average Bonchev–Trinajstić information content (AvgIpc) is 2.61. The van der Waals surface area contributed by atoms with Crippen molar-refractivity contribution in [2.24, 2.45) is 5.92 Å². The fourth-order valence-electron chi connectivity index (χ4n) is 2.26. The predicted molar refractivity (Wildman–Crippen MR) is 66.5 cm³/mol. The first-order valence-corrected chi connectivity index (χ1v) is 7.73. The lowest BCUT2D eigenvalue weighted by atomic mass is 9.98. The van der Waals surface area contributed by atoms with Crippen LogP contribution in [0.3, 0.4) is 0 Å². The van der Waals surface area contributed by atoms with Gasteiger partial charge in [0, 0.05) is 12.8 Å². The van der Waals surface area contributed by atoms with E-state index in [0.717, 1.165) is 5.56 Å². The van der Waals surface area contributed by atoms with Gasteiger partial charge >= 0.3 is 0 Å². The van der Waals surface area contributed by atoms with E-state index in [1.165, 1.54) is 12.1 Å². The van der Waals surface area contributed by atoms with Crippen LogP contribution in [0.15, 0.2) is 24.3 Å². The number of ketones is 1. The van der Waals surface area contributed by atoms with Crippen molar-refractivity contribution in [2.75, 3.05) is 11.5 Å². The first kappa shape index (κ1) is 13.2. The molecular weight excluding hydrogens is 255 g/mol. The Morgan fingerprint density at radius 3 is 2.50 bits per heavy atom. The van der Waals surface area contributed by atoms with Gasteiger partial charge in [-0.15, -0.1) is 0 Å². The molecule has 1 aromatic carbocycles. The molecule has 1 aliphatic heterocycles. The largest absolute Gasteiger partial charge is 0.299 e. The van der Waals surface area contributed by atoms with Gasteiger partial charge in [-0.25, -0.2) is 12.8 Å². The molecule has 0 bridgehead atoms. The minimum absolute atomic E-state index is 0.0173. The lowest BCUT2D eigenvalue weighted by Crippen LogP contribution is -2.12. The van der Waals surface area contributed by atoms with E-state index < -0.39 is 9.84 Å². The lowest BCUT2D eigenvalue weighted by molar-refractivity contribution is -0.119. The van der Waals surface area contributed by atoms with Crippen molar-refractivity contribution >= 4 is 15.6 Å². The highest BCUT2D eigenvalue weighted by Gasteiger charge is 2.29. The summed E-state index contributed by atoms with van der Waals surface area (Å²) >= 11 is 0. The maximum atomic E-state index is 12.7. The van der Waals surface area contributed by atoms with E-state index in [4.69, 9.17) is 0 Å². The van der Waals surface area contributed by atoms with Crippen LogP contribution in [-0.2, 0) is 21.1 Å². The number of Topliss-reactive ketones (excluding diaryl/α,β-unsaturated/α-hetero) is 1. The van der Waals surface area contributed by atoms with Crippen LogP contribution in [0.25, 0.3) is 0 Å². The SMILES string of the molecule is O=C(Cc1ccc(F)cc1)CC1CCS(=O)(=O)C1. The third kappa shape index (κ3) is 3.63. The molecule has 0 aromatic heterocycles. The normalized spacial score (nSPS) is 21.9. The molecule has 1 aromatic rings. The number of carbonyl (C=O) groups is 1. The number of rotatable bonds is 4. The van der Waals surface area contributed by atoms with E-state index in [1.807, 2.05) is 0 Å². The van der Waals surface area contributed by atoms with Gasteiger partial charge in [-0.05, 0) is 30.0 Å². The zero-order chi connectivity index (χ0) is 13.2. The fourth-order valence-corrected chi connectivity index (χ4v) is 4.12. The Labute approximate surface area is 106 Å². The van der Waals surface area contributed by atoms with Crippen molar-refractivity contribution < 1.29 is 17.6 Å². The molecule has 0 N–H and O–H groups in total. The maximum absolute atomic E-state index is 12.7. The average molecular weight is 270 g/mol. The molecule has 98 valence electrons. The van der Waals surface area contributed by atoms with Crippen LogP contribution in [0, 0.1) is 11.7 Å². The third-order valence-electron chi connectivity index (χ3n) is 3.16. The van der Waals surface area contributed by atoms with Gasteiger partial charge in [0.25, 0.3) is 0 Å². The van der Waals surface area contributed by atoms with Crippen LogP contribution in [-0.4, -0.2) is 25.7 Å². The summed E-state index contributed by atoms with van der Waals surface area (Å²) in [5.41, 5.74) is 0.766. The van der Waals surface area contributed by atoms with E-state index in [1.54, 1.807) is 12.1 Å². The zero-order valence-corrected chi connectivity index (χ0v) is 10.7. The van der Waals surface area contributed by atoms with E-state index in [0.29, 0.717) is 12.8 Å². The second-order valence-electron chi connectivity index (χ2n) is 4.82. The van der Waals surface area contributed by atoms with Crippen molar-refractivity contribution in [1.82, 2.24) is 0 Å². The number of hydrogen-bond acceptors (Lipinski definition) is 3. The highest BCUT2D eigenvalue weighted by molar-refractivity contribution is 7.91. The van der Waals surface area contributed by atoms with E-state index in [9.17, 15) is 17.6 Å². The van der Waals surface area contributed by atoms with Crippen LogP contribution in [0.1, 0.15) is 18.4 Å². The van der Waals surface area contributed by atoms with Crippen molar-refractivity contribution in [2.45, 2.75) is 19.3 Å². The van der Waals surface area contributed by atoms with Gasteiger partial charge in [0.1, 0.15) is 11.6 Å². The minimum Gasteiger partial charge on any atom is -0.299 e. The second kappa shape index (κ2) is 5.18. The number of hydrogen-bond donors (Lipinski definition) is 0. The number of halogens is 1. The number of carbonyl (C=O) groups excluding carboxylic acids is 1. The standard InChI is InChI=1S/C13H15FO3S/c14-12-3-1-10(2-4-12)7-13(15)8-11-5-6-18(16,17)9-11/h1-4,11H,5-9H2. The molecule has 1 saturated heterocycles. The molecule has 3 nitrogen and oxygen atoms in total. The van der Waals surface area contributed by atoms with Gasteiger partial charge in [-0.3, -0.25) is 4.79 Å². The zero-order valence-electron chi connectivity index (χ0n) is 9.93. The molecule has 1 heterocycles. The van der Waals surface area contributed by atoms with E-state index >= 15 is 0 Å². The Morgan fingerprint density at radius 1 is 1.28 bits per heavy atom. The molecule has 0 amide bonds. The van der Waals surface area contributed by atoms with Crippen LogP contribution < -0.4 is 0 Å². The van der Waals surface area contributed by atoms with Crippen molar-refractivity contribution in [3.8, 4) is 0 Å². The van der Waals surface area contributed by atoms with Crippen LogP contribution >= 0.6 is 0 Å². The van der Waals surface area contributed by atoms with Gasteiger partial charge in [-0.1, -0.05) is 12.1 Å². The molecule has 0 spiro atoms. The first-order chi connectivity index (χ1) is 8.44. The molecule has 0 radical (unpaired) electrons. The van der Waals surface area contributed by atoms with Gasteiger partial charge in [-0.2, -0.15) is 0 Å². The topological polar surface area (TPSA) is 51.2 Å². The van der Waals surface area contributed by atoms with Crippen LogP contribution in [0.4, 0.5) is 4.39 Å². The molecular formula is C13H15FO3S. The van der Waals surface area contributed by atoms with Gasteiger partial charge in [0.05, 0.1) is 11.5 Å². The summed E-state index contributed by atoms with van der Waals surface area (Å²) in [6.45, 7) is 0. The summed E-state index contributed by atoms with van der Waals surface area (Å²) in [6, 6.07) is 5.81. The fraction of sp³-hybridized carbons (Fsp3) is 0.462. The summed E-state index contributed by atoms with van der Waals surface area (Å²) in [7, 11) is -2.92. The summed E-state index contributed by atoms with van der Waals surface area (Å²) in [5.74, 6) is -0.0244. The predicted octanol–water partition coefficient (Wildman–Crippen LogP) is 1.76. The second-order valence-corrected chi connectivity index (χ2v) is 7.04. The molecule has 2 rings (SSSR count). The lowest BCUT2D eigenvalue weighted by Gasteiger charge is -2.06. The molecule has 18 heavy (non-hydrogen) atoms. The molecule has 1 atom stereocenters. The maximum Gasteiger partial charge on any atom is 0.150 e. The van der Waals surface area contributed by atoms with Gasteiger partial charge < -0.3 is 0 Å². The quantitative estimate of drug-likeness (QED) is 0.837. The first-order valence-electron chi connectivity index (χ1n) is 5.91. The van der Waals surface area contributed by atoms with Crippen molar-refractivity contribution in [3.05, 3.63) is 35.6 Å². The van der Waals surface area contributed by atoms with E-state index in [-0.39, 0.29) is 35.4 Å². The third-order valence-corrected chi connectivity index (χ3v) is 4.99. The number of sulfone groups is 1. The summed E-state index contributed by atoms with van der Waals surface area (Å²) in [5, 5.41) is 0. The molecule has 0 aliphatic carbocycles. The summed E-state index contributed by atoms with van der Waals surface area (Å²) in [6.07, 6.45) is 1.13. The molecule has 1 unspecified atom stereocenters. The number of benzene rings is 1. The monoisotopic (exact) mass is 270 g/mol. The molecule has 1 fully saturated rings. The van der Waals surface area contributed by atoms with Crippen LogP contribution in [0.2, 0.25) is 0 Å². The highest BCUT2D eigenvalue weighted by Crippen LogP contribution is 2.22. The molecule has 1 aliphatic rings.